The number of halogens is 3. The molecule has 0 aliphatic rings. The maximum Gasteiger partial charge on any atom is 0.387 e. The van der Waals surface area contributed by atoms with E-state index in [-0.39, 0.29) is 27.7 Å². The van der Waals surface area contributed by atoms with Crippen LogP contribution in [-0.4, -0.2) is 17.4 Å². The van der Waals surface area contributed by atoms with E-state index in [9.17, 15) is 23.7 Å². The van der Waals surface area contributed by atoms with Crippen molar-refractivity contribution in [2.45, 2.75) is 13.5 Å². The zero-order valence-electron chi connectivity index (χ0n) is 12.3. The van der Waals surface area contributed by atoms with Gasteiger partial charge in [0.1, 0.15) is 5.75 Å². The summed E-state index contributed by atoms with van der Waals surface area (Å²) in [6, 6.07) is 7.73. The smallest absolute Gasteiger partial charge is 0.387 e. The molecule has 2 aromatic carbocycles. The van der Waals surface area contributed by atoms with Gasteiger partial charge in [-0.05, 0) is 37.3 Å². The number of rotatable bonds is 5. The van der Waals surface area contributed by atoms with Gasteiger partial charge in [0.25, 0.3) is 11.6 Å². The second-order valence-electron chi connectivity index (χ2n) is 4.74. The molecule has 0 aliphatic heterocycles. The Morgan fingerprint density at radius 1 is 1.29 bits per heavy atom. The number of benzene rings is 2. The molecule has 0 unspecified atom stereocenters. The molecular weight excluding hydrogens is 346 g/mol. The Morgan fingerprint density at radius 2 is 2.00 bits per heavy atom. The molecule has 1 N–H and O–H groups in total. The highest BCUT2D eigenvalue weighted by atomic mass is 35.5. The normalized spacial score (nSPS) is 10.5. The first kappa shape index (κ1) is 17.6. The number of ether oxygens (including phenoxy) is 1. The first-order chi connectivity index (χ1) is 11.3. The maximum atomic E-state index is 12.2. The van der Waals surface area contributed by atoms with Gasteiger partial charge in [-0.2, -0.15) is 8.78 Å². The lowest BCUT2D eigenvalue weighted by Gasteiger charge is -2.10. The van der Waals surface area contributed by atoms with Gasteiger partial charge in [-0.3, -0.25) is 14.9 Å². The van der Waals surface area contributed by atoms with Crippen LogP contribution >= 0.6 is 11.6 Å². The summed E-state index contributed by atoms with van der Waals surface area (Å²) in [4.78, 5) is 22.4. The van der Waals surface area contributed by atoms with Gasteiger partial charge in [-0.1, -0.05) is 11.6 Å². The Kier molecular flexibility index (Phi) is 5.30. The first-order valence-corrected chi connectivity index (χ1v) is 6.96. The summed E-state index contributed by atoms with van der Waals surface area (Å²) in [5.74, 6) is -0.734. The molecule has 24 heavy (non-hydrogen) atoms. The predicted molar refractivity (Wildman–Crippen MR) is 83.9 cm³/mol. The van der Waals surface area contributed by atoms with Crippen LogP contribution in [-0.2, 0) is 0 Å². The number of carbonyl (C=O) groups is 1. The van der Waals surface area contributed by atoms with Crippen LogP contribution in [0.5, 0.6) is 5.75 Å². The van der Waals surface area contributed by atoms with E-state index in [1.165, 1.54) is 43.3 Å². The van der Waals surface area contributed by atoms with Crippen LogP contribution in [0.15, 0.2) is 36.4 Å². The number of hydrogen-bond donors (Lipinski definition) is 1. The monoisotopic (exact) mass is 356 g/mol. The summed E-state index contributed by atoms with van der Waals surface area (Å²) in [5, 5.41) is 13.2. The van der Waals surface area contributed by atoms with Crippen molar-refractivity contribution in [1.82, 2.24) is 0 Å². The molecule has 0 radical (unpaired) electrons. The molecule has 126 valence electrons. The number of alkyl halides is 2. The van der Waals surface area contributed by atoms with Crippen molar-refractivity contribution < 1.29 is 23.2 Å². The van der Waals surface area contributed by atoms with E-state index < -0.39 is 17.4 Å². The maximum absolute atomic E-state index is 12.2. The van der Waals surface area contributed by atoms with Crippen molar-refractivity contribution >= 4 is 28.9 Å². The molecule has 0 spiro atoms. The predicted octanol–water partition coefficient (Wildman–Crippen LogP) is 4.41. The average molecular weight is 357 g/mol. The number of anilines is 1. The quantitative estimate of drug-likeness (QED) is 0.635. The highest BCUT2D eigenvalue weighted by Crippen LogP contribution is 2.29. The number of aryl methyl sites for hydroxylation is 1. The fraction of sp³-hybridized carbons (Fsp3) is 0.133. The minimum Gasteiger partial charge on any atom is -0.433 e. The van der Waals surface area contributed by atoms with Crippen molar-refractivity contribution in [1.29, 1.82) is 0 Å². The zero-order chi connectivity index (χ0) is 17.9. The van der Waals surface area contributed by atoms with Crippen molar-refractivity contribution in [3.8, 4) is 5.75 Å². The van der Waals surface area contributed by atoms with E-state index in [0.29, 0.717) is 5.56 Å². The second-order valence-corrected chi connectivity index (χ2v) is 5.14. The van der Waals surface area contributed by atoms with Crippen LogP contribution in [0.25, 0.3) is 0 Å². The van der Waals surface area contributed by atoms with Crippen LogP contribution in [0.4, 0.5) is 20.2 Å². The molecule has 0 saturated carbocycles. The summed E-state index contributed by atoms with van der Waals surface area (Å²) in [6.07, 6.45) is 0. The Labute approximate surface area is 140 Å². The standard InChI is InChI=1S/C15H11ClF2N2O4/c1-8-6-9(2-4-12(8)20(22)23)14(21)19-10-3-5-13(11(16)7-10)24-15(17)18/h2-7,15H,1H3,(H,19,21). The first-order valence-electron chi connectivity index (χ1n) is 6.58. The largest absolute Gasteiger partial charge is 0.433 e. The molecule has 0 aromatic heterocycles. The minimum absolute atomic E-state index is 0.0898. The third-order valence-corrected chi connectivity index (χ3v) is 3.36. The number of nitrogens with zero attached hydrogens (tertiary/aromatic N) is 1. The Balaban J connectivity index is 2.16. The Hall–Kier alpha value is -2.74. The topological polar surface area (TPSA) is 81.5 Å². The van der Waals surface area contributed by atoms with Gasteiger partial charge in [0.15, 0.2) is 0 Å². The lowest BCUT2D eigenvalue weighted by molar-refractivity contribution is -0.385. The fourth-order valence-corrected chi connectivity index (χ4v) is 2.20. The van der Waals surface area contributed by atoms with Crippen LogP contribution in [0.1, 0.15) is 15.9 Å². The molecule has 9 heteroatoms. The number of nitro groups is 1. The van der Waals surface area contributed by atoms with Crippen LogP contribution < -0.4 is 10.1 Å². The van der Waals surface area contributed by atoms with E-state index in [4.69, 9.17) is 11.6 Å². The zero-order valence-corrected chi connectivity index (χ0v) is 13.0. The number of nitro benzene ring substituents is 1. The molecule has 0 aliphatic carbocycles. The lowest BCUT2D eigenvalue weighted by atomic mass is 10.1. The van der Waals surface area contributed by atoms with Gasteiger partial charge in [0.2, 0.25) is 0 Å². The molecular formula is C15H11ClF2N2O4. The summed E-state index contributed by atoms with van der Waals surface area (Å²) >= 11 is 5.80. The molecule has 0 fully saturated rings. The van der Waals surface area contributed by atoms with Gasteiger partial charge in [0.05, 0.1) is 9.95 Å². The molecule has 6 nitrogen and oxygen atoms in total. The molecule has 0 heterocycles. The van der Waals surface area contributed by atoms with Crippen molar-refractivity contribution in [2.24, 2.45) is 0 Å². The third-order valence-electron chi connectivity index (χ3n) is 3.06. The summed E-state index contributed by atoms with van der Waals surface area (Å²) in [7, 11) is 0. The van der Waals surface area contributed by atoms with Gasteiger partial charge in [-0.25, -0.2) is 0 Å². The minimum atomic E-state index is -3.01. The molecule has 0 saturated heterocycles. The number of carbonyl (C=O) groups excluding carboxylic acids is 1. The molecule has 0 atom stereocenters. The SMILES string of the molecule is Cc1cc(C(=O)Nc2ccc(OC(F)F)c(Cl)c2)ccc1[N+](=O)[O-]. The lowest BCUT2D eigenvalue weighted by Crippen LogP contribution is -2.12. The van der Waals surface area contributed by atoms with Gasteiger partial charge in [-0.15, -0.1) is 0 Å². The Bertz CT molecular complexity index is 799. The van der Waals surface area contributed by atoms with Crippen LogP contribution in [0.3, 0.4) is 0 Å². The van der Waals surface area contributed by atoms with Crippen LogP contribution in [0, 0.1) is 17.0 Å². The van der Waals surface area contributed by atoms with Gasteiger partial charge < -0.3 is 10.1 Å². The molecule has 2 rings (SSSR count). The third kappa shape index (κ3) is 4.17. The molecule has 0 bridgehead atoms. The van der Waals surface area contributed by atoms with Crippen molar-refractivity contribution in [2.75, 3.05) is 5.32 Å². The van der Waals surface area contributed by atoms with Gasteiger partial charge >= 0.3 is 6.61 Å². The van der Waals surface area contributed by atoms with E-state index in [0.717, 1.165) is 0 Å². The number of hydrogen-bond acceptors (Lipinski definition) is 4. The summed E-state index contributed by atoms with van der Waals surface area (Å²) in [5.41, 5.74) is 0.721. The van der Waals surface area contributed by atoms with E-state index in [1.807, 2.05) is 0 Å². The number of amides is 1. The van der Waals surface area contributed by atoms with Crippen molar-refractivity contribution in [3.05, 3.63) is 62.7 Å². The molecule has 2 aromatic rings. The Morgan fingerprint density at radius 3 is 2.54 bits per heavy atom. The average Bonchev–Trinajstić information content (AvgIpc) is 2.49. The molecule has 1 amide bonds. The second kappa shape index (κ2) is 7.22. The fourth-order valence-electron chi connectivity index (χ4n) is 1.97. The van der Waals surface area contributed by atoms with E-state index >= 15 is 0 Å². The van der Waals surface area contributed by atoms with E-state index in [2.05, 4.69) is 10.1 Å². The van der Waals surface area contributed by atoms with Gasteiger partial charge in [0, 0.05) is 22.9 Å². The highest BCUT2D eigenvalue weighted by Gasteiger charge is 2.15. The van der Waals surface area contributed by atoms with Crippen LogP contribution in [0.2, 0.25) is 5.02 Å². The summed E-state index contributed by atoms with van der Waals surface area (Å²) in [6.45, 7) is -1.49. The highest BCUT2D eigenvalue weighted by molar-refractivity contribution is 6.32. The van der Waals surface area contributed by atoms with E-state index in [1.54, 1.807) is 0 Å². The summed E-state index contributed by atoms with van der Waals surface area (Å²) < 4.78 is 28.5. The number of nitrogens with one attached hydrogen (secondary N) is 1. The van der Waals surface area contributed by atoms with Crippen molar-refractivity contribution in [3.63, 3.8) is 0 Å².